The highest BCUT2D eigenvalue weighted by molar-refractivity contribution is 8.17. The minimum atomic E-state index is -1.44. The van der Waals surface area contributed by atoms with Gasteiger partial charge in [-0.2, -0.15) is 5.10 Å². The summed E-state index contributed by atoms with van der Waals surface area (Å²) < 4.78 is 0.772. The number of nitrogens with zero attached hydrogens (tertiary/aromatic N) is 3. The fourth-order valence-electron chi connectivity index (χ4n) is 2.95. The number of aliphatic hydroxyl groups excluding tert-OH is 4. The lowest BCUT2D eigenvalue weighted by atomic mass is 10.0. The molecule has 22 heavy (non-hydrogen) atoms. The summed E-state index contributed by atoms with van der Waals surface area (Å²) in [6.07, 6.45) is 1.78. The third-order valence-corrected chi connectivity index (χ3v) is 7.40. The van der Waals surface area contributed by atoms with Gasteiger partial charge in [-0.15, -0.1) is 11.8 Å². The van der Waals surface area contributed by atoms with Crippen molar-refractivity contribution >= 4 is 23.5 Å². The van der Waals surface area contributed by atoms with Gasteiger partial charge in [0.2, 0.25) is 0 Å². The molecular weight excluding hydrogens is 326 g/mol. The molecule has 0 radical (unpaired) electrons. The van der Waals surface area contributed by atoms with E-state index in [0.29, 0.717) is 5.82 Å². The Hall–Kier alpha value is -0.320. The molecule has 9 heteroatoms. The van der Waals surface area contributed by atoms with Gasteiger partial charge in [0.1, 0.15) is 29.6 Å². The Morgan fingerprint density at radius 3 is 2.68 bits per heavy atom. The predicted octanol–water partition coefficient (Wildman–Crippen LogP) is -0.332. The van der Waals surface area contributed by atoms with E-state index in [1.54, 1.807) is 6.26 Å². The van der Waals surface area contributed by atoms with Gasteiger partial charge in [0.05, 0.1) is 0 Å². The van der Waals surface area contributed by atoms with E-state index in [2.05, 4.69) is 10.1 Å². The minimum absolute atomic E-state index is 0.402. The summed E-state index contributed by atoms with van der Waals surface area (Å²) in [6, 6.07) is 0. The van der Waals surface area contributed by atoms with E-state index in [4.69, 9.17) is 0 Å². The highest BCUT2D eigenvalue weighted by atomic mass is 32.2. The third-order valence-electron chi connectivity index (χ3n) is 4.28. The highest BCUT2D eigenvalue weighted by Gasteiger charge is 2.56. The van der Waals surface area contributed by atoms with E-state index in [1.165, 1.54) is 11.8 Å². The first-order valence-corrected chi connectivity index (χ1v) is 9.49. The lowest BCUT2D eigenvalue weighted by Gasteiger charge is -2.44. The van der Waals surface area contributed by atoms with Crippen molar-refractivity contribution in [3.63, 3.8) is 0 Å². The van der Waals surface area contributed by atoms with Crippen LogP contribution in [0.15, 0.2) is 0 Å². The standard InChI is InChI=1S/C13H21N3O4S2/c1-21-13(10(19)8(17)9(18)11(20)22-13)12-14-7-5-3-2-4-6-16(7)15-12/h8-11,17-20H,2-6H2,1H3/t8-,9+,10+,11+,13-/m1/s1. The molecule has 1 saturated heterocycles. The number of aliphatic hydroxyl groups is 4. The molecule has 4 N–H and O–H groups in total. The molecule has 0 bridgehead atoms. The molecule has 2 aliphatic heterocycles. The van der Waals surface area contributed by atoms with Crippen molar-refractivity contribution in [3.05, 3.63) is 11.6 Å². The van der Waals surface area contributed by atoms with Crippen LogP contribution in [-0.2, 0) is 17.0 Å². The van der Waals surface area contributed by atoms with Gasteiger partial charge in [-0.05, 0) is 19.1 Å². The van der Waals surface area contributed by atoms with Crippen molar-refractivity contribution in [3.8, 4) is 0 Å². The van der Waals surface area contributed by atoms with Crippen molar-refractivity contribution in [2.45, 2.75) is 60.1 Å². The molecular formula is C13H21N3O4S2. The van der Waals surface area contributed by atoms with Gasteiger partial charge in [-0.25, -0.2) is 9.67 Å². The zero-order chi connectivity index (χ0) is 15.9. The van der Waals surface area contributed by atoms with E-state index in [-0.39, 0.29) is 0 Å². The van der Waals surface area contributed by atoms with Crippen molar-refractivity contribution in [1.82, 2.24) is 14.8 Å². The molecule has 2 aliphatic rings. The van der Waals surface area contributed by atoms with E-state index in [1.807, 2.05) is 4.68 Å². The Morgan fingerprint density at radius 2 is 1.95 bits per heavy atom. The Morgan fingerprint density at radius 1 is 1.18 bits per heavy atom. The van der Waals surface area contributed by atoms with Crippen LogP contribution in [0.2, 0.25) is 0 Å². The van der Waals surface area contributed by atoms with Crippen LogP contribution in [0.25, 0.3) is 0 Å². The summed E-state index contributed by atoms with van der Waals surface area (Å²) in [6.45, 7) is 0.793. The average Bonchev–Trinajstić information content (AvgIpc) is 2.80. The molecule has 1 aromatic heterocycles. The topological polar surface area (TPSA) is 112 Å². The van der Waals surface area contributed by atoms with Crippen LogP contribution in [0, 0.1) is 0 Å². The van der Waals surface area contributed by atoms with Gasteiger partial charge in [-0.1, -0.05) is 18.2 Å². The van der Waals surface area contributed by atoms with Gasteiger partial charge in [0, 0.05) is 13.0 Å². The second-order valence-corrected chi connectivity index (χ2v) is 8.36. The maximum atomic E-state index is 10.5. The van der Waals surface area contributed by atoms with Crippen LogP contribution >= 0.6 is 23.5 Å². The number of rotatable bonds is 2. The second-order valence-electron chi connectivity index (χ2n) is 5.69. The number of aryl methyl sites for hydroxylation is 2. The zero-order valence-corrected chi connectivity index (χ0v) is 13.9. The number of aromatic nitrogens is 3. The lowest BCUT2D eigenvalue weighted by molar-refractivity contribution is -0.0970. The number of hydrogen-bond donors (Lipinski definition) is 4. The van der Waals surface area contributed by atoms with E-state index < -0.39 is 27.8 Å². The van der Waals surface area contributed by atoms with Crippen molar-refractivity contribution < 1.29 is 20.4 Å². The third kappa shape index (κ3) is 2.57. The predicted molar refractivity (Wildman–Crippen MR) is 84.4 cm³/mol. The van der Waals surface area contributed by atoms with Crippen molar-refractivity contribution in [2.75, 3.05) is 6.26 Å². The summed E-state index contributed by atoms with van der Waals surface area (Å²) in [4.78, 5) is 4.57. The Kier molecular flexibility index (Phi) is 4.73. The molecule has 0 amide bonds. The maximum Gasteiger partial charge on any atom is 0.179 e. The second kappa shape index (κ2) is 6.29. The van der Waals surface area contributed by atoms with Gasteiger partial charge in [-0.3, -0.25) is 0 Å². The average molecular weight is 347 g/mol. The summed E-state index contributed by atoms with van der Waals surface area (Å²) in [7, 11) is 0. The summed E-state index contributed by atoms with van der Waals surface area (Å²) in [5.41, 5.74) is -1.20. The van der Waals surface area contributed by atoms with E-state index in [0.717, 1.165) is 49.8 Å². The summed E-state index contributed by atoms with van der Waals surface area (Å²) in [5, 5.41) is 44.8. The molecule has 7 nitrogen and oxygen atoms in total. The van der Waals surface area contributed by atoms with Crippen LogP contribution in [-0.4, -0.2) is 65.2 Å². The largest absolute Gasteiger partial charge is 0.387 e. The Labute approximate surface area is 137 Å². The van der Waals surface area contributed by atoms with Gasteiger partial charge in [0.15, 0.2) is 9.90 Å². The number of fused-ring (bicyclic) bond motifs is 1. The van der Waals surface area contributed by atoms with Crippen molar-refractivity contribution in [1.29, 1.82) is 0 Å². The molecule has 0 spiro atoms. The molecule has 0 aromatic carbocycles. The molecule has 5 atom stereocenters. The molecule has 0 saturated carbocycles. The first-order chi connectivity index (χ1) is 10.5. The van der Waals surface area contributed by atoms with Gasteiger partial charge < -0.3 is 20.4 Å². The first-order valence-electron chi connectivity index (χ1n) is 7.39. The van der Waals surface area contributed by atoms with Crippen LogP contribution in [0.1, 0.15) is 30.9 Å². The van der Waals surface area contributed by atoms with Crippen LogP contribution in [0.4, 0.5) is 0 Å². The highest BCUT2D eigenvalue weighted by Crippen LogP contribution is 2.53. The summed E-state index contributed by atoms with van der Waals surface area (Å²) >= 11 is 2.27. The maximum absolute atomic E-state index is 10.5. The fourth-order valence-corrected chi connectivity index (χ4v) is 5.41. The molecule has 3 rings (SSSR count). The molecule has 1 aromatic rings. The summed E-state index contributed by atoms with van der Waals surface area (Å²) in [5.74, 6) is 1.28. The SMILES string of the molecule is CS[C@@]1(c2nc3n(n2)CCCCC3)S[C@H](O)[C@@H](O)[C@@H](O)[C@@H]1O. The number of thioether (sulfide) groups is 2. The quantitative estimate of drug-likeness (QED) is 0.575. The molecule has 124 valence electrons. The van der Waals surface area contributed by atoms with Gasteiger partial charge in [0.25, 0.3) is 0 Å². The van der Waals surface area contributed by atoms with Crippen LogP contribution in [0.3, 0.4) is 0 Å². The zero-order valence-electron chi connectivity index (χ0n) is 12.3. The van der Waals surface area contributed by atoms with E-state index >= 15 is 0 Å². The van der Waals surface area contributed by atoms with Gasteiger partial charge >= 0.3 is 0 Å². The Balaban J connectivity index is 1.99. The monoisotopic (exact) mass is 347 g/mol. The first kappa shape index (κ1) is 16.5. The molecule has 1 fully saturated rings. The van der Waals surface area contributed by atoms with E-state index in [9.17, 15) is 20.4 Å². The molecule has 0 unspecified atom stereocenters. The normalized spacial score (nSPS) is 39.3. The Bertz CT molecular complexity index is 520. The molecule has 0 aliphatic carbocycles. The fraction of sp³-hybridized carbons (Fsp3) is 0.846. The minimum Gasteiger partial charge on any atom is -0.387 e. The van der Waals surface area contributed by atoms with Crippen LogP contribution < -0.4 is 0 Å². The number of hydrogen-bond acceptors (Lipinski definition) is 8. The smallest absolute Gasteiger partial charge is 0.179 e. The lowest BCUT2D eigenvalue weighted by Crippen LogP contribution is -2.57. The molecule has 3 heterocycles. The van der Waals surface area contributed by atoms with Crippen LogP contribution in [0.5, 0.6) is 0 Å². The van der Waals surface area contributed by atoms with Crippen molar-refractivity contribution in [2.24, 2.45) is 0 Å².